The molecule has 3 aliphatic heterocycles. The van der Waals surface area contributed by atoms with Crippen molar-refractivity contribution in [3.05, 3.63) is 29.8 Å². The summed E-state index contributed by atoms with van der Waals surface area (Å²) in [7, 11) is -3.05. The number of hydrogen-bond donors (Lipinski definition) is 1. The number of likely N-dealkylation sites (tertiary alicyclic amines) is 1. The van der Waals surface area contributed by atoms with E-state index >= 15 is 4.11 Å². The highest BCUT2D eigenvalue weighted by atomic mass is 28.4. The summed E-state index contributed by atoms with van der Waals surface area (Å²) < 4.78 is 21.8. The summed E-state index contributed by atoms with van der Waals surface area (Å²) in [6.45, 7) is 6.95. The largest absolute Gasteiger partial charge is 0.394 e. The van der Waals surface area contributed by atoms with E-state index in [2.05, 4.69) is 19.1 Å². The predicted octanol–water partition coefficient (Wildman–Crippen LogP) is 4.46. The highest BCUT2D eigenvalue weighted by molar-refractivity contribution is 6.72. The molecule has 35 heavy (non-hydrogen) atoms. The summed E-state index contributed by atoms with van der Waals surface area (Å²) in [5.74, 6) is 0.225. The van der Waals surface area contributed by atoms with Crippen molar-refractivity contribution < 1.29 is 23.5 Å². The lowest BCUT2D eigenvalue weighted by Gasteiger charge is -2.30. The minimum atomic E-state index is -3.05. The van der Waals surface area contributed by atoms with Crippen LogP contribution in [0.25, 0.3) is 0 Å². The van der Waals surface area contributed by atoms with Gasteiger partial charge in [0.05, 0.1) is 31.3 Å². The normalized spacial score (nSPS) is 29.7. The van der Waals surface area contributed by atoms with Crippen molar-refractivity contribution in [3.8, 4) is 0 Å². The van der Waals surface area contributed by atoms with E-state index in [1.54, 1.807) is 18.0 Å². The van der Waals surface area contributed by atoms with E-state index in [0.29, 0.717) is 13.0 Å². The minimum Gasteiger partial charge on any atom is -0.394 e. The summed E-state index contributed by atoms with van der Waals surface area (Å²) in [6.07, 6.45) is 5.65. The Labute approximate surface area is 210 Å². The molecule has 2 amide bonds. The average molecular weight is 505 g/mol. The summed E-state index contributed by atoms with van der Waals surface area (Å²) in [5.41, 5.74) is 1.90. The number of nitrogens with zero attached hydrogens (tertiary/aromatic N) is 2. The fourth-order valence-electron chi connectivity index (χ4n) is 6.45. The molecule has 194 valence electrons. The van der Waals surface area contributed by atoms with Crippen LogP contribution >= 0.6 is 0 Å². The topological polar surface area (TPSA) is 70.1 Å². The van der Waals surface area contributed by atoms with E-state index < -0.39 is 14.5 Å². The number of aliphatic hydroxyl groups excluding tert-OH is 1. The molecule has 0 aromatic heterocycles. The third kappa shape index (κ3) is 5.97. The zero-order chi connectivity index (χ0) is 25.2. The van der Waals surface area contributed by atoms with Gasteiger partial charge < -0.3 is 23.8 Å². The van der Waals surface area contributed by atoms with Crippen molar-refractivity contribution in [3.63, 3.8) is 0 Å². The van der Waals surface area contributed by atoms with Gasteiger partial charge in [0, 0.05) is 30.7 Å². The lowest BCUT2D eigenvalue weighted by Crippen LogP contribution is -2.42. The summed E-state index contributed by atoms with van der Waals surface area (Å²) in [6, 6.07) is 8.08. The van der Waals surface area contributed by atoms with Crippen LogP contribution in [0.15, 0.2) is 24.3 Å². The number of amides is 2. The van der Waals surface area contributed by atoms with Crippen LogP contribution in [-0.4, -0.2) is 68.2 Å². The molecule has 3 saturated heterocycles. The molecule has 0 saturated carbocycles. The van der Waals surface area contributed by atoms with Crippen LogP contribution in [0, 0.1) is 5.92 Å². The van der Waals surface area contributed by atoms with Gasteiger partial charge in [0.25, 0.3) is 0 Å². The zero-order valence-corrected chi connectivity index (χ0v) is 22.4. The molecule has 0 spiro atoms. The Balaban J connectivity index is 1.38. The van der Waals surface area contributed by atoms with E-state index in [-0.39, 0.29) is 48.4 Å². The fourth-order valence-corrected chi connectivity index (χ4v) is 9.00. The molecule has 6 nitrogen and oxygen atoms in total. The van der Waals surface area contributed by atoms with E-state index in [9.17, 15) is 14.7 Å². The van der Waals surface area contributed by atoms with Crippen LogP contribution in [0.5, 0.6) is 0 Å². The molecule has 3 fully saturated rings. The Hall–Kier alpha value is -1.77. The number of halogens is 1. The van der Waals surface area contributed by atoms with Gasteiger partial charge >= 0.3 is 0 Å². The van der Waals surface area contributed by atoms with Crippen molar-refractivity contribution in [2.24, 2.45) is 5.92 Å². The van der Waals surface area contributed by atoms with Crippen LogP contribution in [-0.2, 0) is 20.7 Å². The maximum Gasteiger partial charge on any atom is 0.246 e. The molecule has 1 N–H and O–H groups in total. The number of aliphatic hydroxyl groups is 1. The average Bonchev–Trinajstić information content (AvgIpc) is 3.42. The molecule has 1 aromatic rings. The summed E-state index contributed by atoms with van der Waals surface area (Å²) >= 11 is 0. The van der Waals surface area contributed by atoms with Crippen molar-refractivity contribution in [1.29, 1.82) is 0 Å². The molecule has 5 atom stereocenters. The number of benzene rings is 1. The lowest BCUT2D eigenvalue weighted by atomic mass is 9.95. The van der Waals surface area contributed by atoms with Gasteiger partial charge in [-0.25, -0.2) is 0 Å². The Morgan fingerprint density at radius 2 is 1.89 bits per heavy atom. The molecule has 0 bridgehead atoms. The van der Waals surface area contributed by atoms with Gasteiger partial charge in [0.2, 0.25) is 20.2 Å². The number of aryl methyl sites for hydroxylation is 1. The number of ether oxygens (including phenoxy) is 1. The molecule has 3 heterocycles. The number of anilines is 1. The van der Waals surface area contributed by atoms with E-state index in [1.807, 2.05) is 17.0 Å². The number of carbonyl (C=O) groups excluding carboxylic acids is 2. The smallest absolute Gasteiger partial charge is 0.246 e. The SMILES string of the molecule is C[C@H]1[C@H]([Si](C)(C)F)[C@@H](CC(=O)N2CCC[C@H]2CO)O[C@H]1CCc1ccc(N2CCCCC2=O)cc1. The Bertz CT molecular complexity index is 890. The first kappa shape index (κ1) is 26.3. The Kier molecular flexibility index (Phi) is 8.33. The molecule has 8 heteroatoms. The second-order valence-electron chi connectivity index (χ2n) is 11.1. The third-order valence-electron chi connectivity index (χ3n) is 8.27. The van der Waals surface area contributed by atoms with Gasteiger partial charge in [0.1, 0.15) is 0 Å². The fraction of sp³-hybridized carbons (Fsp3) is 0.704. The van der Waals surface area contributed by atoms with Crippen LogP contribution < -0.4 is 4.90 Å². The van der Waals surface area contributed by atoms with Crippen molar-refractivity contribution in [2.45, 2.75) is 95.2 Å². The molecule has 3 aliphatic rings. The number of hydrogen-bond acceptors (Lipinski definition) is 4. The summed E-state index contributed by atoms with van der Waals surface area (Å²) in [4.78, 5) is 28.9. The quantitative estimate of drug-likeness (QED) is 0.419. The van der Waals surface area contributed by atoms with Crippen molar-refractivity contribution in [2.75, 3.05) is 24.6 Å². The maximum absolute atomic E-state index is 15.4. The standard InChI is InChI=1S/C27H41FN2O4Si/c1-19-23(14-11-20-9-12-21(13-10-20)29-15-5-4-8-25(29)32)34-24(27(19)35(2,3)28)17-26(33)30-16-6-7-22(30)18-31/h9-10,12-13,19,22-24,27,31H,4-8,11,14-18H2,1-3H3/t19-,22+,23+,24-,27+/m1/s1. The van der Waals surface area contributed by atoms with E-state index in [1.165, 1.54) is 5.56 Å². The van der Waals surface area contributed by atoms with Gasteiger partial charge in [-0.05, 0) is 75.2 Å². The molecule has 4 rings (SSSR count). The van der Waals surface area contributed by atoms with Gasteiger partial charge in [-0.2, -0.15) is 0 Å². The predicted molar refractivity (Wildman–Crippen MR) is 138 cm³/mol. The Morgan fingerprint density at radius 3 is 2.54 bits per heavy atom. The summed E-state index contributed by atoms with van der Waals surface area (Å²) in [5, 5.41) is 9.60. The first-order valence-electron chi connectivity index (χ1n) is 13.3. The number of rotatable bonds is 8. The lowest BCUT2D eigenvalue weighted by molar-refractivity contribution is -0.135. The highest BCUT2D eigenvalue weighted by Crippen LogP contribution is 2.47. The molecule has 0 unspecified atom stereocenters. The van der Waals surface area contributed by atoms with Crippen LogP contribution in [0.3, 0.4) is 0 Å². The van der Waals surface area contributed by atoms with E-state index in [4.69, 9.17) is 4.74 Å². The van der Waals surface area contributed by atoms with Crippen molar-refractivity contribution >= 4 is 25.9 Å². The number of carbonyl (C=O) groups is 2. The van der Waals surface area contributed by atoms with Crippen molar-refractivity contribution in [1.82, 2.24) is 4.90 Å². The van der Waals surface area contributed by atoms with Crippen LogP contribution in [0.4, 0.5) is 9.80 Å². The van der Waals surface area contributed by atoms with Gasteiger partial charge in [-0.1, -0.05) is 19.1 Å². The number of piperidine rings is 1. The second-order valence-corrected chi connectivity index (χ2v) is 14.9. The first-order valence-corrected chi connectivity index (χ1v) is 16.3. The molecule has 1 aromatic carbocycles. The third-order valence-corrected chi connectivity index (χ3v) is 10.8. The Morgan fingerprint density at radius 1 is 1.14 bits per heavy atom. The van der Waals surface area contributed by atoms with Crippen LogP contribution in [0.1, 0.15) is 57.4 Å². The molecular weight excluding hydrogens is 463 g/mol. The first-order chi connectivity index (χ1) is 16.7. The van der Waals surface area contributed by atoms with E-state index in [0.717, 1.165) is 50.8 Å². The zero-order valence-electron chi connectivity index (χ0n) is 21.4. The molecule has 0 aliphatic carbocycles. The highest BCUT2D eigenvalue weighted by Gasteiger charge is 2.52. The van der Waals surface area contributed by atoms with Crippen LogP contribution in [0.2, 0.25) is 18.6 Å². The van der Waals surface area contributed by atoms with Gasteiger partial charge in [-0.15, -0.1) is 0 Å². The maximum atomic E-state index is 15.4. The minimum absolute atomic E-state index is 0.0201. The second kappa shape index (κ2) is 11.1. The molecule has 0 radical (unpaired) electrons. The van der Waals surface area contributed by atoms with Gasteiger partial charge in [-0.3, -0.25) is 9.59 Å². The van der Waals surface area contributed by atoms with Gasteiger partial charge in [0.15, 0.2) is 0 Å². The molecular formula is C27H41FN2O4Si. The monoisotopic (exact) mass is 504 g/mol.